The molecule has 2 nitrogen and oxygen atoms in total. The Kier molecular flexibility index (Phi) is 6.57. The molecule has 68 valence electrons. The smallest absolute Gasteiger partial charge is 0.0543 e. The highest BCUT2D eigenvalue weighted by Gasteiger charge is 2.04. The van der Waals surface area contributed by atoms with Gasteiger partial charge in [0.05, 0.1) is 6.10 Å². The molecule has 0 radical (unpaired) electrons. The number of rotatable bonds is 6. The number of hydrogen-bond donors (Lipinski definition) is 1. The largest absolute Gasteiger partial charge is 0.382 e. The van der Waals surface area contributed by atoms with Crippen molar-refractivity contribution in [2.24, 2.45) is 5.73 Å². The number of nitrogens with two attached hydrogens (primary N) is 1. The van der Waals surface area contributed by atoms with E-state index in [4.69, 9.17) is 10.5 Å². The Hall–Kier alpha value is -0.0800. The van der Waals surface area contributed by atoms with Crippen LogP contribution in [0, 0.1) is 0 Å². The van der Waals surface area contributed by atoms with Gasteiger partial charge < -0.3 is 10.5 Å². The molecule has 2 N–H and O–H groups in total. The molecule has 2 unspecified atom stereocenters. The van der Waals surface area contributed by atoms with Gasteiger partial charge >= 0.3 is 0 Å². The van der Waals surface area contributed by atoms with Crippen molar-refractivity contribution in [2.45, 2.75) is 51.7 Å². The lowest BCUT2D eigenvalue weighted by Gasteiger charge is -2.13. The molecule has 2 atom stereocenters. The first-order valence-electron chi connectivity index (χ1n) is 4.49. The second-order valence-electron chi connectivity index (χ2n) is 3.17. The van der Waals surface area contributed by atoms with Crippen LogP contribution < -0.4 is 5.73 Å². The van der Waals surface area contributed by atoms with Gasteiger partial charge in [-0.3, -0.25) is 0 Å². The molecule has 0 aromatic rings. The lowest BCUT2D eigenvalue weighted by atomic mass is 10.1. The van der Waals surface area contributed by atoms with Crippen molar-refractivity contribution in [3.8, 4) is 0 Å². The maximum Gasteiger partial charge on any atom is 0.0543 e. The van der Waals surface area contributed by atoms with Crippen LogP contribution in [0.15, 0.2) is 0 Å². The van der Waals surface area contributed by atoms with E-state index >= 15 is 0 Å². The number of ether oxygens (including phenoxy) is 1. The minimum absolute atomic E-state index is 0.359. The van der Waals surface area contributed by atoms with Gasteiger partial charge in [0, 0.05) is 13.2 Å². The summed E-state index contributed by atoms with van der Waals surface area (Å²) in [4.78, 5) is 0. The van der Waals surface area contributed by atoms with Crippen LogP contribution in [-0.4, -0.2) is 19.3 Å². The van der Waals surface area contributed by atoms with E-state index in [1.54, 1.807) is 7.11 Å². The zero-order chi connectivity index (χ0) is 8.69. The second kappa shape index (κ2) is 6.62. The van der Waals surface area contributed by atoms with Gasteiger partial charge in [0.15, 0.2) is 0 Å². The third kappa shape index (κ3) is 6.32. The summed E-state index contributed by atoms with van der Waals surface area (Å²) in [5.74, 6) is 0. The molecule has 11 heavy (non-hydrogen) atoms. The van der Waals surface area contributed by atoms with E-state index in [1.165, 1.54) is 6.42 Å². The third-order valence-corrected chi connectivity index (χ3v) is 2.01. The van der Waals surface area contributed by atoms with Gasteiger partial charge in [-0.05, 0) is 26.2 Å². The minimum Gasteiger partial charge on any atom is -0.382 e. The predicted octanol–water partition coefficient (Wildman–Crippen LogP) is 1.93. The lowest BCUT2D eigenvalue weighted by molar-refractivity contribution is 0.107. The SMILES string of the molecule is CCCC(N)CCC(C)OC. The van der Waals surface area contributed by atoms with Crippen molar-refractivity contribution in [1.29, 1.82) is 0 Å². The average Bonchev–Trinajstić information content (AvgIpc) is 2.01. The van der Waals surface area contributed by atoms with Gasteiger partial charge in [0.2, 0.25) is 0 Å². The van der Waals surface area contributed by atoms with E-state index in [1.807, 2.05) is 0 Å². The molecular weight excluding hydrogens is 138 g/mol. The molecular formula is C9H21NO. The lowest BCUT2D eigenvalue weighted by Crippen LogP contribution is -2.21. The fraction of sp³-hybridized carbons (Fsp3) is 1.00. The van der Waals surface area contributed by atoms with Gasteiger partial charge in [-0.1, -0.05) is 13.3 Å². The Morgan fingerprint density at radius 1 is 1.27 bits per heavy atom. The maximum absolute atomic E-state index is 5.83. The van der Waals surface area contributed by atoms with E-state index in [9.17, 15) is 0 Å². The first-order valence-corrected chi connectivity index (χ1v) is 4.49. The van der Waals surface area contributed by atoms with Crippen LogP contribution in [0.1, 0.15) is 39.5 Å². The molecule has 0 amide bonds. The summed E-state index contributed by atoms with van der Waals surface area (Å²) in [6, 6.07) is 0.373. The van der Waals surface area contributed by atoms with Gasteiger partial charge in [-0.2, -0.15) is 0 Å². The first kappa shape index (κ1) is 10.9. The summed E-state index contributed by atoms with van der Waals surface area (Å²) in [6.07, 6.45) is 4.84. The molecule has 0 bridgehead atoms. The molecule has 0 saturated heterocycles. The monoisotopic (exact) mass is 159 g/mol. The van der Waals surface area contributed by atoms with Gasteiger partial charge in [-0.25, -0.2) is 0 Å². The summed E-state index contributed by atoms with van der Waals surface area (Å²) in [6.45, 7) is 4.25. The van der Waals surface area contributed by atoms with E-state index in [-0.39, 0.29) is 0 Å². The Bertz CT molecular complexity index is 85.6. The van der Waals surface area contributed by atoms with Crippen molar-refractivity contribution in [3.63, 3.8) is 0 Å². The zero-order valence-corrected chi connectivity index (χ0v) is 7.97. The molecule has 2 heteroatoms. The molecule has 0 spiro atoms. The van der Waals surface area contributed by atoms with Crippen LogP contribution in [0.2, 0.25) is 0 Å². The molecule has 0 aliphatic rings. The first-order chi connectivity index (χ1) is 5.20. The van der Waals surface area contributed by atoms with E-state index in [2.05, 4.69) is 13.8 Å². The van der Waals surface area contributed by atoms with Crippen molar-refractivity contribution >= 4 is 0 Å². The van der Waals surface area contributed by atoms with Crippen LogP contribution >= 0.6 is 0 Å². The zero-order valence-electron chi connectivity index (χ0n) is 7.97. The summed E-state index contributed by atoms with van der Waals surface area (Å²) in [5.41, 5.74) is 5.83. The fourth-order valence-corrected chi connectivity index (χ4v) is 1.08. The Morgan fingerprint density at radius 2 is 1.91 bits per heavy atom. The van der Waals surface area contributed by atoms with Crippen LogP contribution in [0.5, 0.6) is 0 Å². The molecule has 0 aliphatic heterocycles. The summed E-state index contributed by atoms with van der Waals surface area (Å²) < 4.78 is 5.12. The molecule has 0 aliphatic carbocycles. The van der Waals surface area contributed by atoms with Crippen molar-refractivity contribution in [3.05, 3.63) is 0 Å². The van der Waals surface area contributed by atoms with Crippen LogP contribution in [0.4, 0.5) is 0 Å². The molecule has 0 aromatic heterocycles. The highest BCUT2D eigenvalue weighted by atomic mass is 16.5. The Labute approximate surface area is 70.1 Å². The third-order valence-electron chi connectivity index (χ3n) is 2.01. The summed E-state index contributed by atoms with van der Waals surface area (Å²) >= 11 is 0. The highest BCUT2D eigenvalue weighted by Crippen LogP contribution is 2.06. The number of hydrogen-bond acceptors (Lipinski definition) is 2. The van der Waals surface area contributed by atoms with Crippen LogP contribution in [0.3, 0.4) is 0 Å². The molecule has 0 heterocycles. The van der Waals surface area contributed by atoms with Gasteiger partial charge in [0.25, 0.3) is 0 Å². The quantitative estimate of drug-likeness (QED) is 0.642. The van der Waals surface area contributed by atoms with E-state index in [0.717, 1.165) is 19.3 Å². The summed E-state index contributed by atoms with van der Waals surface area (Å²) in [7, 11) is 1.75. The molecule has 0 fully saturated rings. The fourth-order valence-electron chi connectivity index (χ4n) is 1.08. The maximum atomic E-state index is 5.83. The van der Waals surface area contributed by atoms with Gasteiger partial charge in [-0.15, -0.1) is 0 Å². The van der Waals surface area contributed by atoms with Crippen molar-refractivity contribution in [2.75, 3.05) is 7.11 Å². The number of methoxy groups -OCH3 is 1. The standard InChI is InChI=1S/C9H21NO/c1-4-5-9(10)7-6-8(2)11-3/h8-9H,4-7,10H2,1-3H3. The Morgan fingerprint density at radius 3 is 2.36 bits per heavy atom. The van der Waals surface area contributed by atoms with Crippen LogP contribution in [-0.2, 0) is 4.74 Å². The highest BCUT2D eigenvalue weighted by molar-refractivity contribution is 4.62. The molecule has 0 saturated carbocycles. The van der Waals surface area contributed by atoms with Gasteiger partial charge in [0.1, 0.15) is 0 Å². The van der Waals surface area contributed by atoms with Crippen molar-refractivity contribution < 1.29 is 4.74 Å². The second-order valence-corrected chi connectivity index (χ2v) is 3.17. The van der Waals surface area contributed by atoms with Crippen molar-refractivity contribution in [1.82, 2.24) is 0 Å². The molecule has 0 rings (SSSR count). The molecule has 0 aromatic carbocycles. The minimum atomic E-state index is 0.359. The normalized spacial score (nSPS) is 16.4. The van der Waals surface area contributed by atoms with E-state index in [0.29, 0.717) is 12.1 Å². The summed E-state index contributed by atoms with van der Waals surface area (Å²) in [5, 5.41) is 0. The van der Waals surface area contributed by atoms with E-state index < -0.39 is 0 Å². The Balaban J connectivity index is 3.22. The van der Waals surface area contributed by atoms with Crippen LogP contribution in [0.25, 0.3) is 0 Å². The predicted molar refractivity (Wildman–Crippen MR) is 48.6 cm³/mol. The average molecular weight is 159 g/mol. The topological polar surface area (TPSA) is 35.2 Å².